The number of pyridine rings is 1. The van der Waals surface area contributed by atoms with Crippen LogP contribution in [-0.4, -0.2) is 24.2 Å². The van der Waals surface area contributed by atoms with Crippen molar-refractivity contribution >= 4 is 16.6 Å². The molecule has 1 aliphatic heterocycles. The zero-order valence-electron chi connectivity index (χ0n) is 11.1. The maximum absolute atomic E-state index is 6.13. The number of aromatic nitrogens is 1. The van der Waals surface area contributed by atoms with Gasteiger partial charge in [-0.1, -0.05) is 0 Å². The van der Waals surface area contributed by atoms with Crippen molar-refractivity contribution in [2.75, 3.05) is 18.8 Å². The van der Waals surface area contributed by atoms with Crippen LogP contribution in [0.25, 0.3) is 10.8 Å². The summed E-state index contributed by atoms with van der Waals surface area (Å²) in [5.41, 5.74) is 7.02. The number of piperidine rings is 1. The van der Waals surface area contributed by atoms with E-state index in [0.717, 1.165) is 48.0 Å². The van der Waals surface area contributed by atoms with Gasteiger partial charge in [0.15, 0.2) is 0 Å². The molecule has 0 unspecified atom stereocenters. The van der Waals surface area contributed by atoms with E-state index in [1.54, 1.807) is 6.20 Å². The minimum atomic E-state index is 0.316. The lowest BCUT2D eigenvalue weighted by molar-refractivity contribution is 0.161. The van der Waals surface area contributed by atoms with E-state index in [0.29, 0.717) is 11.9 Å². The highest BCUT2D eigenvalue weighted by Gasteiger charge is 2.16. The fourth-order valence-electron chi connectivity index (χ4n) is 2.55. The zero-order chi connectivity index (χ0) is 13.2. The quantitative estimate of drug-likeness (QED) is 0.866. The Labute approximate surface area is 113 Å². The minimum absolute atomic E-state index is 0.316. The van der Waals surface area contributed by atoms with Crippen molar-refractivity contribution in [3.05, 3.63) is 30.0 Å². The number of nitrogen functional groups attached to an aromatic ring is 1. The molecule has 1 aliphatic rings. The van der Waals surface area contributed by atoms with Crippen molar-refractivity contribution in [1.82, 2.24) is 10.3 Å². The van der Waals surface area contributed by atoms with Crippen molar-refractivity contribution < 1.29 is 4.74 Å². The molecule has 0 radical (unpaired) electrons. The van der Waals surface area contributed by atoms with Gasteiger partial charge in [-0.2, -0.15) is 0 Å². The second kappa shape index (κ2) is 5.05. The Bertz CT molecular complexity index is 591. The predicted octanol–water partition coefficient (Wildman–Crippen LogP) is 2.26. The lowest BCUT2D eigenvalue weighted by Crippen LogP contribution is -2.34. The van der Waals surface area contributed by atoms with Crippen molar-refractivity contribution in [1.29, 1.82) is 0 Å². The number of ether oxygens (including phenoxy) is 1. The molecule has 100 valence electrons. The molecule has 0 aliphatic carbocycles. The first kappa shape index (κ1) is 12.2. The maximum atomic E-state index is 6.13. The summed E-state index contributed by atoms with van der Waals surface area (Å²) in [5, 5.41) is 5.43. The summed E-state index contributed by atoms with van der Waals surface area (Å²) >= 11 is 0. The Morgan fingerprint density at radius 1 is 1.32 bits per heavy atom. The number of anilines is 1. The highest BCUT2D eigenvalue weighted by atomic mass is 16.5. The van der Waals surface area contributed by atoms with Crippen molar-refractivity contribution in [3.63, 3.8) is 0 Å². The van der Waals surface area contributed by atoms with Gasteiger partial charge in [-0.05, 0) is 62.0 Å². The van der Waals surface area contributed by atoms with Crippen molar-refractivity contribution in [3.8, 4) is 5.75 Å². The van der Waals surface area contributed by atoms with E-state index in [2.05, 4.69) is 29.4 Å². The normalized spacial score (nSPS) is 16.7. The average Bonchev–Trinajstić information content (AvgIpc) is 2.42. The Hall–Kier alpha value is -1.81. The predicted molar refractivity (Wildman–Crippen MR) is 77.4 cm³/mol. The number of nitrogens with zero attached hydrogens (tertiary/aromatic N) is 1. The molecule has 0 atom stereocenters. The van der Waals surface area contributed by atoms with Crippen LogP contribution in [-0.2, 0) is 0 Å². The molecule has 1 aromatic heterocycles. The summed E-state index contributed by atoms with van der Waals surface area (Å²) in [6, 6.07) is 6.11. The van der Waals surface area contributed by atoms with E-state index >= 15 is 0 Å². The van der Waals surface area contributed by atoms with Crippen LogP contribution >= 0.6 is 0 Å². The summed E-state index contributed by atoms with van der Waals surface area (Å²) in [7, 11) is 0. The zero-order valence-corrected chi connectivity index (χ0v) is 11.1. The molecular formula is C15H19N3O. The van der Waals surface area contributed by atoms with Crippen LogP contribution in [0.1, 0.15) is 18.4 Å². The molecule has 0 bridgehead atoms. The first-order chi connectivity index (χ1) is 9.24. The highest BCUT2D eigenvalue weighted by Crippen LogP contribution is 2.29. The Morgan fingerprint density at radius 2 is 2.11 bits per heavy atom. The Morgan fingerprint density at radius 3 is 2.89 bits per heavy atom. The molecule has 4 nitrogen and oxygen atoms in total. The van der Waals surface area contributed by atoms with Gasteiger partial charge < -0.3 is 15.8 Å². The molecule has 1 aromatic carbocycles. The molecule has 19 heavy (non-hydrogen) atoms. The molecule has 1 fully saturated rings. The van der Waals surface area contributed by atoms with E-state index in [9.17, 15) is 0 Å². The van der Waals surface area contributed by atoms with Crippen LogP contribution in [0.5, 0.6) is 5.75 Å². The SMILES string of the molecule is Cc1cc2c(N)nccc2cc1OC1CCNCC1. The molecule has 2 heterocycles. The van der Waals surface area contributed by atoms with Gasteiger partial charge in [0.25, 0.3) is 0 Å². The lowest BCUT2D eigenvalue weighted by Gasteiger charge is -2.25. The fraction of sp³-hybridized carbons (Fsp3) is 0.400. The highest BCUT2D eigenvalue weighted by molar-refractivity contribution is 5.92. The van der Waals surface area contributed by atoms with Crippen LogP contribution in [0, 0.1) is 6.92 Å². The topological polar surface area (TPSA) is 60.2 Å². The first-order valence-electron chi connectivity index (χ1n) is 6.76. The Balaban J connectivity index is 1.92. The van der Waals surface area contributed by atoms with E-state index in [4.69, 9.17) is 10.5 Å². The number of nitrogens with one attached hydrogen (secondary N) is 1. The van der Waals surface area contributed by atoms with Gasteiger partial charge in [-0.15, -0.1) is 0 Å². The first-order valence-corrected chi connectivity index (χ1v) is 6.76. The van der Waals surface area contributed by atoms with Crippen molar-refractivity contribution in [2.45, 2.75) is 25.9 Å². The number of fused-ring (bicyclic) bond motifs is 1. The summed E-state index contributed by atoms with van der Waals surface area (Å²) < 4.78 is 6.13. The second-order valence-corrected chi connectivity index (χ2v) is 5.10. The number of rotatable bonds is 2. The van der Waals surface area contributed by atoms with Crippen LogP contribution < -0.4 is 15.8 Å². The van der Waals surface area contributed by atoms with Gasteiger partial charge in [-0.25, -0.2) is 4.98 Å². The van der Waals surface area contributed by atoms with E-state index in [1.807, 2.05) is 6.07 Å². The van der Waals surface area contributed by atoms with Crippen LogP contribution in [0.4, 0.5) is 5.82 Å². The van der Waals surface area contributed by atoms with Crippen LogP contribution in [0.15, 0.2) is 24.4 Å². The smallest absolute Gasteiger partial charge is 0.131 e. The molecule has 1 saturated heterocycles. The summed E-state index contributed by atoms with van der Waals surface area (Å²) in [6.45, 7) is 4.13. The summed E-state index contributed by atoms with van der Waals surface area (Å²) in [5.74, 6) is 1.54. The van der Waals surface area contributed by atoms with Gasteiger partial charge in [0.2, 0.25) is 0 Å². The standard InChI is InChI=1S/C15H19N3O/c1-10-8-13-11(2-7-18-15(13)16)9-14(10)19-12-3-5-17-6-4-12/h2,7-9,12,17H,3-6H2,1H3,(H2,16,18). The van der Waals surface area contributed by atoms with E-state index in [-0.39, 0.29) is 0 Å². The second-order valence-electron chi connectivity index (χ2n) is 5.10. The van der Waals surface area contributed by atoms with E-state index < -0.39 is 0 Å². The largest absolute Gasteiger partial charge is 0.490 e. The van der Waals surface area contributed by atoms with Crippen molar-refractivity contribution in [2.24, 2.45) is 0 Å². The minimum Gasteiger partial charge on any atom is -0.490 e. The third-order valence-electron chi connectivity index (χ3n) is 3.67. The number of hydrogen-bond donors (Lipinski definition) is 2. The van der Waals surface area contributed by atoms with Gasteiger partial charge in [-0.3, -0.25) is 0 Å². The molecule has 0 saturated carbocycles. The number of nitrogens with two attached hydrogens (primary N) is 1. The van der Waals surface area contributed by atoms with Gasteiger partial charge >= 0.3 is 0 Å². The number of aryl methyl sites for hydroxylation is 1. The van der Waals surface area contributed by atoms with E-state index in [1.165, 1.54) is 0 Å². The monoisotopic (exact) mass is 257 g/mol. The molecular weight excluding hydrogens is 238 g/mol. The van der Waals surface area contributed by atoms with Gasteiger partial charge in [0.1, 0.15) is 17.7 Å². The number of benzene rings is 1. The third kappa shape index (κ3) is 2.49. The number of hydrogen-bond acceptors (Lipinski definition) is 4. The van der Waals surface area contributed by atoms with Crippen LogP contribution in [0.3, 0.4) is 0 Å². The molecule has 3 rings (SSSR count). The molecule has 4 heteroatoms. The average molecular weight is 257 g/mol. The summed E-state index contributed by atoms with van der Waals surface area (Å²) in [6.07, 6.45) is 4.18. The molecule has 3 N–H and O–H groups in total. The van der Waals surface area contributed by atoms with Gasteiger partial charge in [0.05, 0.1) is 0 Å². The maximum Gasteiger partial charge on any atom is 0.131 e. The third-order valence-corrected chi connectivity index (χ3v) is 3.67. The molecule has 0 amide bonds. The molecule has 2 aromatic rings. The summed E-state index contributed by atoms with van der Waals surface area (Å²) in [4.78, 5) is 4.12. The van der Waals surface area contributed by atoms with Crippen LogP contribution in [0.2, 0.25) is 0 Å². The van der Waals surface area contributed by atoms with Gasteiger partial charge in [0, 0.05) is 11.6 Å². The fourth-order valence-corrected chi connectivity index (χ4v) is 2.55. The Kier molecular flexibility index (Phi) is 3.25. The lowest BCUT2D eigenvalue weighted by atomic mass is 10.1. The molecule has 0 spiro atoms.